The third-order valence-corrected chi connectivity index (χ3v) is 6.74. The average Bonchev–Trinajstić information content (AvgIpc) is 3.38. The van der Waals surface area contributed by atoms with Gasteiger partial charge in [0, 0.05) is 44.0 Å². The Labute approximate surface area is 166 Å². The van der Waals surface area contributed by atoms with Crippen molar-refractivity contribution in [1.29, 1.82) is 0 Å². The number of amides is 1. The first-order valence-electron chi connectivity index (χ1n) is 9.36. The molecule has 28 heavy (non-hydrogen) atoms. The van der Waals surface area contributed by atoms with Gasteiger partial charge in [-0.25, -0.2) is 9.97 Å². The number of carbonyl (C=O) groups is 1. The molecule has 9 heteroatoms. The summed E-state index contributed by atoms with van der Waals surface area (Å²) in [6.07, 6.45) is 6.35. The van der Waals surface area contributed by atoms with Crippen molar-refractivity contribution < 1.29 is 9.32 Å². The van der Waals surface area contributed by atoms with Crippen LogP contribution in [0.2, 0.25) is 0 Å². The molecule has 3 aromatic rings. The molecule has 5 heterocycles. The number of imidazole rings is 1. The minimum Gasteiger partial charge on any atom is -0.361 e. The third-order valence-electron chi connectivity index (χ3n) is 5.83. The van der Waals surface area contributed by atoms with Gasteiger partial charge in [0.15, 0.2) is 0 Å². The van der Waals surface area contributed by atoms with E-state index in [0.29, 0.717) is 4.88 Å². The van der Waals surface area contributed by atoms with E-state index in [1.807, 2.05) is 33.2 Å². The Bertz CT molecular complexity index is 1030. The fourth-order valence-corrected chi connectivity index (χ4v) is 5.17. The van der Waals surface area contributed by atoms with E-state index in [2.05, 4.69) is 29.9 Å². The zero-order chi connectivity index (χ0) is 19.5. The second kappa shape index (κ2) is 6.25. The lowest BCUT2D eigenvalue weighted by molar-refractivity contribution is 0.00713. The number of nitrogens with one attached hydrogen (secondary N) is 1. The van der Waals surface area contributed by atoms with Gasteiger partial charge in [0.1, 0.15) is 16.5 Å². The molecule has 1 N–H and O–H groups in total. The first kappa shape index (κ1) is 17.6. The zero-order valence-electron chi connectivity index (χ0n) is 16.1. The van der Waals surface area contributed by atoms with Gasteiger partial charge in [-0.05, 0) is 20.8 Å². The maximum absolute atomic E-state index is 12.6. The van der Waals surface area contributed by atoms with Crippen LogP contribution in [0.4, 0.5) is 0 Å². The van der Waals surface area contributed by atoms with Crippen molar-refractivity contribution >= 4 is 17.2 Å². The lowest BCUT2D eigenvalue weighted by Crippen LogP contribution is -2.60. The number of thiazole rings is 1. The van der Waals surface area contributed by atoms with Crippen LogP contribution in [0, 0.1) is 20.8 Å². The summed E-state index contributed by atoms with van der Waals surface area (Å²) in [5.74, 6) is 1.75. The molecule has 8 nitrogen and oxygen atoms in total. The average molecular weight is 398 g/mol. The van der Waals surface area contributed by atoms with Crippen molar-refractivity contribution in [2.45, 2.75) is 45.3 Å². The number of rotatable bonds is 4. The summed E-state index contributed by atoms with van der Waals surface area (Å²) in [7, 11) is 0. The molecule has 1 amide bonds. The predicted octanol–water partition coefficient (Wildman–Crippen LogP) is 2.34. The van der Waals surface area contributed by atoms with Crippen LogP contribution in [0.25, 0.3) is 0 Å². The zero-order valence-corrected chi connectivity index (χ0v) is 16.9. The SMILES string of the molecule is Cc1ncc(C(=O)NC2CC3(CN(Cc4c(C)noc4C)C3)n3ccnc32)s1. The minimum absolute atomic E-state index is 0.00757. The molecule has 1 spiro atoms. The molecular weight excluding hydrogens is 376 g/mol. The summed E-state index contributed by atoms with van der Waals surface area (Å²) in [6, 6.07) is -0.0777. The molecule has 5 rings (SSSR count). The highest BCUT2D eigenvalue weighted by atomic mass is 32.1. The lowest BCUT2D eigenvalue weighted by atomic mass is 9.85. The van der Waals surface area contributed by atoms with E-state index in [9.17, 15) is 4.79 Å². The van der Waals surface area contributed by atoms with Crippen molar-refractivity contribution in [3.63, 3.8) is 0 Å². The molecule has 0 aliphatic carbocycles. The van der Waals surface area contributed by atoms with E-state index >= 15 is 0 Å². The molecule has 1 atom stereocenters. The van der Waals surface area contributed by atoms with Crippen LogP contribution in [0.5, 0.6) is 0 Å². The second-order valence-corrected chi connectivity index (χ2v) is 9.04. The van der Waals surface area contributed by atoms with E-state index in [4.69, 9.17) is 4.52 Å². The maximum Gasteiger partial charge on any atom is 0.263 e. The number of hydrogen-bond donors (Lipinski definition) is 1. The summed E-state index contributed by atoms with van der Waals surface area (Å²) in [5.41, 5.74) is 2.12. The maximum atomic E-state index is 12.6. The number of likely N-dealkylation sites (tertiary alicyclic amines) is 1. The van der Waals surface area contributed by atoms with Crippen molar-refractivity contribution in [1.82, 2.24) is 29.9 Å². The smallest absolute Gasteiger partial charge is 0.263 e. The number of aromatic nitrogens is 4. The Morgan fingerprint density at radius 3 is 2.86 bits per heavy atom. The van der Waals surface area contributed by atoms with Crippen LogP contribution in [0.1, 0.15) is 50.0 Å². The summed E-state index contributed by atoms with van der Waals surface area (Å²) >= 11 is 1.41. The lowest BCUT2D eigenvalue weighted by Gasteiger charge is -2.49. The van der Waals surface area contributed by atoms with Gasteiger partial charge in [0.05, 0.1) is 28.5 Å². The van der Waals surface area contributed by atoms with Gasteiger partial charge in [-0.2, -0.15) is 0 Å². The Hall–Kier alpha value is -2.52. The molecule has 3 aromatic heterocycles. The Balaban J connectivity index is 1.30. The molecule has 0 saturated carbocycles. The van der Waals surface area contributed by atoms with Crippen LogP contribution >= 0.6 is 11.3 Å². The van der Waals surface area contributed by atoms with Crippen LogP contribution < -0.4 is 5.32 Å². The number of aryl methyl sites for hydroxylation is 3. The van der Waals surface area contributed by atoms with Crippen molar-refractivity contribution in [2.75, 3.05) is 13.1 Å². The molecule has 0 radical (unpaired) electrons. The Morgan fingerprint density at radius 2 is 2.18 bits per heavy atom. The van der Waals surface area contributed by atoms with E-state index < -0.39 is 0 Å². The molecule has 0 aromatic carbocycles. The van der Waals surface area contributed by atoms with Crippen LogP contribution in [0.3, 0.4) is 0 Å². The molecule has 2 aliphatic rings. The first-order valence-corrected chi connectivity index (χ1v) is 10.2. The van der Waals surface area contributed by atoms with Crippen molar-refractivity contribution in [3.8, 4) is 0 Å². The van der Waals surface area contributed by atoms with Gasteiger partial charge < -0.3 is 14.4 Å². The summed E-state index contributed by atoms with van der Waals surface area (Å²) < 4.78 is 7.54. The standard InChI is InChI=1S/C19H22N6O2S/c1-11-14(12(2)27-23-11)8-24-9-19(10-24)6-15(17-20-4-5-25(17)19)22-18(26)16-7-21-13(3)28-16/h4-5,7,15H,6,8-10H2,1-3H3,(H,22,26). The quantitative estimate of drug-likeness (QED) is 0.726. The van der Waals surface area contributed by atoms with E-state index in [1.54, 1.807) is 6.20 Å². The highest BCUT2D eigenvalue weighted by Gasteiger charge is 2.52. The predicted molar refractivity (Wildman–Crippen MR) is 103 cm³/mol. The third kappa shape index (κ3) is 2.68. The normalized spacial score (nSPS) is 20.3. The van der Waals surface area contributed by atoms with Gasteiger partial charge in [-0.1, -0.05) is 5.16 Å². The number of carbonyl (C=O) groups excluding carboxylic acids is 1. The first-order chi connectivity index (χ1) is 13.4. The van der Waals surface area contributed by atoms with Crippen molar-refractivity contribution in [2.24, 2.45) is 0 Å². The number of hydrogen-bond acceptors (Lipinski definition) is 7. The fraction of sp³-hybridized carbons (Fsp3) is 0.474. The highest BCUT2D eigenvalue weighted by molar-refractivity contribution is 7.13. The largest absolute Gasteiger partial charge is 0.361 e. The number of nitrogens with zero attached hydrogens (tertiary/aromatic N) is 5. The molecule has 0 bridgehead atoms. The summed E-state index contributed by atoms with van der Waals surface area (Å²) in [5, 5.41) is 8.10. The molecule has 1 saturated heterocycles. The van der Waals surface area contributed by atoms with Gasteiger partial charge in [0.25, 0.3) is 5.91 Å². The monoisotopic (exact) mass is 398 g/mol. The van der Waals surface area contributed by atoms with Crippen LogP contribution in [-0.4, -0.2) is 43.6 Å². The minimum atomic E-state index is -0.0777. The molecule has 2 aliphatic heterocycles. The Kier molecular flexibility index (Phi) is 3.92. The van der Waals surface area contributed by atoms with Gasteiger partial charge in [-0.3, -0.25) is 9.69 Å². The summed E-state index contributed by atoms with van der Waals surface area (Å²) in [6.45, 7) is 8.53. The van der Waals surface area contributed by atoms with E-state index in [0.717, 1.165) is 48.3 Å². The second-order valence-electron chi connectivity index (χ2n) is 7.80. The van der Waals surface area contributed by atoms with Crippen molar-refractivity contribution in [3.05, 3.63) is 51.3 Å². The molecular formula is C19H22N6O2S. The Morgan fingerprint density at radius 1 is 1.36 bits per heavy atom. The molecule has 1 fully saturated rings. The topological polar surface area (TPSA) is 89.1 Å². The van der Waals surface area contributed by atoms with Gasteiger partial charge in [0.2, 0.25) is 0 Å². The van der Waals surface area contributed by atoms with Crippen LogP contribution in [0.15, 0.2) is 23.1 Å². The fourth-order valence-electron chi connectivity index (χ4n) is 4.49. The number of fused-ring (bicyclic) bond motifs is 2. The van der Waals surface area contributed by atoms with E-state index in [-0.39, 0.29) is 17.5 Å². The van der Waals surface area contributed by atoms with Crippen LogP contribution in [-0.2, 0) is 12.1 Å². The van der Waals surface area contributed by atoms with Gasteiger partial charge >= 0.3 is 0 Å². The highest BCUT2D eigenvalue weighted by Crippen LogP contribution is 2.45. The summed E-state index contributed by atoms with van der Waals surface area (Å²) in [4.78, 5) is 24.4. The van der Waals surface area contributed by atoms with Gasteiger partial charge in [-0.15, -0.1) is 11.3 Å². The molecule has 1 unspecified atom stereocenters. The molecule has 146 valence electrons. The van der Waals surface area contributed by atoms with E-state index in [1.165, 1.54) is 16.9 Å².